The Hall–Kier alpha value is -0.660. The standard InChI is InChI=1S/C10H19N3O3S/c11-8-3-1-2-4-9(8)13-6-7(5-10(13)14)17(12,15)16/h7-9H,1-6,11H2,(H2,12,15,16)/t7?,8-,9-/m0/s1. The molecule has 0 aromatic carbocycles. The lowest BCUT2D eigenvalue weighted by molar-refractivity contribution is -0.130. The molecule has 0 bridgehead atoms. The summed E-state index contributed by atoms with van der Waals surface area (Å²) >= 11 is 0. The van der Waals surface area contributed by atoms with E-state index in [4.69, 9.17) is 10.9 Å². The molecule has 3 atom stereocenters. The van der Waals surface area contributed by atoms with Crippen molar-refractivity contribution in [3.63, 3.8) is 0 Å². The molecule has 1 saturated heterocycles. The lowest BCUT2D eigenvalue weighted by Crippen LogP contribution is -2.50. The summed E-state index contributed by atoms with van der Waals surface area (Å²) in [6.45, 7) is 0.204. The second-order valence-corrected chi connectivity index (χ2v) is 6.82. The number of carbonyl (C=O) groups is 1. The minimum absolute atomic E-state index is 0.00204. The maximum atomic E-state index is 11.8. The van der Waals surface area contributed by atoms with E-state index in [1.54, 1.807) is 4.90 Å². The summed E-state index contributed by atoms with van der Waals surface area (Å²) in [5, 5.41) is 4.33. The van der Waals surface area contributed by atoms with Gasteiger partial charge in [0.1, 0.15) is 5.25 Å². The fourth-order valence-electron chi connectivity index (χ4n) is 2.77. The second-order valence-electron chi connectivity index (χ2n) is 4.98. The average Bonchev–Trinajstić information content (AvgIpc) is 2.61. The van der Waals surface area contributed by atoms with E-state index in [0.29, 0.717) is 0 Å². The van der Waals surface area contributed by atoms with Crippen LogP contribution in [0.3, 0.4) is 0 Å². The second kappa shape index (κ2) is 4.55. The van der Waals surface area contributed by atoms with Crippen molar-refractivity contribution in [3.05, 3.63) is 0 Å². The first-order valence-corrected chi connectivity index (χ1v) is 7.57. The van der Waals surface area contributed by atoms with Gasteiger partial charge in [-0.2, -0.15) is 0 Å². The molecule has 7 heteroatoms. The number of carbonyl (C=O) groups excluding carboxylic acids is 1. The first-order chi connectivity index (χ1) is 7.89. The van der Waals surface area contributed by atoms with Gasteiger partial charge in [0.15, 0.2) is 0 Å². The molecule has 1 aliphatic heterocycles. The van der Waals surface area contributed by atoms with Gasteiger partial charge in [-0.25, -0.2) is 13.6 Å². The number of sulfonamides is 1. The van der Waals surface area contributed by atoms with E-state index in [-0.39, 0.29) is 31.0 Å². The van der Waals surface area contributed by atoms with E-state index in [2.05, 4.69) is 0 Å². The number of amides is 1. The van der Waals surface area contributed by atoms with Crippen molar-refractivity contribution in [1.82, 2.24) is 4.90 Å². The van der Waals surface area contributed by atoms with Crippen LogP contribution in [0.15, 0.2) is 0 Å². The summed E-state index contributed by atoms with van der Waals surface area (Å²) in [6, 6.07) is -0.0464. The zero-order chi connectivity index (χ0) is 12.6. The van der Waals surface area contributed by atoms with Crippen LogP contribution in [-0.4, -0.2) is 43.1 Å². The maximum Gasteiger partial charge on any atom is 0.224 e. The molecule has 1 amide bonds. The Balaban J connectivity index is 2.10. The SMILES string of the molecule is N[C@H]1CCCC[C@@H]1N1CC(S(N)(=O)=O)CC1=O. The molecule has 0 radical (unpaired) electrons. The molecule has 4 N–H and O–H groups in total. The van der Waals surface area contributed by atoms with Crippen molar-refractivity contribution >= 4 is 15.9 Å². The number of hydrogen-bond acceptors (Lipinski definition) is 4. The van der Waals surface area contributed by atoms with Gasteiger partial charge in [-0.05, 0) is 12.8 Å². The molecule has 17 heavy (non-hydrogen) atoms. The average molecular weight is 261 g/mol. The predicted molar refractivity (Wildman–Crippen MR) is 63.5 cm³/mol. The molecule has 0 aromatic rings. The van der Waals surface area contributed by atoms with Crippen LogP contribution in [0, 0.1) is 0 Å². The molecule has 2 fully saturated rings. The van der Waals surface area contributed by atoms with E-state index < -0.39 is 15.3 Å². The molecule has 2 aliphatic rings. The third kappa shape index (κ3) is 2.61. The van der Waals surface area contributed by atoms with Crippen molar-refractivity contribution in [2.75, 3.05) is 6.54 Å². The highest BCUT2D eigenvalue weighted by atomic mass is 32.2. The normalized spacial score (nSPS) is 35.3. The van der Waals surface area contributed by atoms with Gasteiger partial charge in [0.05, 0.1) is 0 Å². The minimum atomic E-state index is -3.63. The van der Waals surface area contributed by atoms with Gasteiger partial charge in [0.25, 0.3) is 0 Å². The molecule has 1 unspecified atom stereocenters. The van der Waals surface area contributed by atoms with Crippen LogP contribution in [0.4, 0.5) is 0 Å². The van der Waals surface area contributed by atoms with Crippen LogP contribution in [0.2, 0.25) is 0 Å². The number of nitrogens with zero attached hydrogens (tertiary/aromatic N) is 1. The zero-order valence-electron chi connectivity index (χ0n) is 9.71. The van der Waals surface area contributed by atoms with Crippen LogP contribution in [0.1, 0.15) is 32.1 Å². The quantitative estimate of drug-likeness (QED) is 0.675. The third-order valence-corrected chi connectivity index (χ3v) is 5.01. The Morgan fingerprint density at radius 3 is 2.41 bits per heavy atom. The van der Waals surface area contributed by atoms with Crippen molar-refractivity contribution in [2.45, 2.75) is 49.4 Å². The maximum absolute atomic E-state index is 11.8. The Morgan fingerprint density at radius 1 is 1.24 bits per heavy atom. The van der Waals surface area contributed by atoms with Crippen molar-refractivity contribution in [1.29, 1.82) is 0 Å². The van der Waals surface area contributed by atoms with Gasteiger partial charge in [-0.3, -0.25) is 4.79 Å². The van der Waals surface area contributed by atoms with Gasteiger partial charge in [-0.1, -0.05) is 12.8 Å². The highest BCUT2D eigenvalue weighted by Crippen LogP contribution is 2.27. The number of rotatable bonds is 2. The molecule has 1 heterocycles. The van der Waals surface area contributed by atoms with Crippen molar-refractivity contribution < 1.29 is 13.2 Å². The number of primary sulfonamides is 1. The highest BCUT2D eigenvalue weighted by molar-refractivity contribution is 7.89. The molecule has 6 nitrogen and oxygen atoms in total. The van der Waals surface area contributed by atoms with Gasteiger partial charge < -0.3 is 10.6 Å². The van der Waals surface area contributed by atoms with Gasteiger partial charge in [0, 0.05) is 25.0 Å². The first kappa shape index (κ1) is 12.8. The lowest BCUT2D eigenvalue weighted by atomic mass is 9.90. The summed E-state index contributed by atoms with van der Waals surface area (Å²) in [5.41, 5.74) is 6.00. The van der Waals surface area contributed by atoms with Crippen LogP contribution in [-0.2, 0) is 14.8 Å². The summed E-state index contributed by atoms with van der Waals surface area (Å²) in [4.78, 5) is 13.5. The number of hydrogen-bond donors (Lipinski definition) is 2. The van der Waals surface area contributed by atoms with E-state index in [1.807, 2.05) is 0 Å². The molecule has 2 rings (SSSR count). The first-order valence-electron chi connectivity index (χ1n) is 5.96. The molecule has 1 aliphatic carbocycles. The lowest BCUT2D eigenvalue weighted by Gasteiger charge is -2.36. The van der Waals surface area contributed by atoms with Crippen LogP contribution in [0.5, 0.6) is 0 Å². The van der Waals surface area contributed by atoms with Crippen molar-refractivity contribution in [3.8, 4) is 0 Å². The Bertz CT molecular complexity index is 409. The topological polar surface area (TPSA) is 106 Å². The summed E-state index contributed by atoms with van der Waals surface area (Å²) in [5.74, 6) is -0.133. The van der Waals surface area contributed by atoms with Gasteiger partial charge in [-0.15, -0.1) is 0 Å². The molecule has 0 aromatic heterocycles. The van der Waals surface area contributed by atoms with Crippen LogP contribution >= 0.6 is 0 Å². The van der Waals surface area contributed by atoms with Crippen molar-refractivity contribution in [2.24, 2.45) is 10.9 Å². The van der Waals surface area contributed by atoms with E-state index >= 15 is 0 Å². The smallest absolute Gasteiger partial charge is 0.224 e. The van der Waals surface area contributed by atoms with Crippen LogP contribution < -0.4 is 10.9 Å². The summed E-state index contributed by atoms with van der Waals surface area (Å²) < 4.78 is 22.5. The van der Waals surface area contributed by atoms with E-state index in [0.717, 1.165) is 25.7 Å². The zero-order valence-corrected chi connectivity index (χ0v) is 10.5. The molecule has 0 spiro atoms. The molecular weight excluding hydrogens is 242 g/mol. The fourth-order valence-corrected chi connectivity index (χ4v) is 3.51. The number of likely N-dealkylation sites (tertiary alicyclic amines) is 1. The van der Waals surface area contributed by atoms with Crippen LogP contribution in [0.25, 0.3) is 0 Å². The number of nitrogens with two attached hydrogens (primary N) is 2. The van der Waals surface area contributed by atoms with Gasteiger partial charge >= 0.3 is 0 Å². The third-order valence-electron chi connectivity index (χ3n) is 3.77. The molecule has 1 saturated carbocycles. The predicted octanol–water partition coefficient (Wildman–Crippen LogP) is -0.854. The summed E-state index contributed by atoms with van der Waals surface area (Å²) in [7, 11) is -3.63. The molecule has 98 valence electrons. The Kier molecular flexibility index (Phi) is 3.42. The highest BCUT2D eigenvalue weighted by Gasteiger charge is 2.41. The largest absolute Gasteiger partial charge is 0.337 e. The van der Waals surface area contributed by atoms with E-state index in [9.17, 15) is 13.2 Å². The van der Waals surface area contributed by atoms with E-state index in [1.165, 1.54) is 0 Å². The van der Waals surface area contributed by atoms with Gasteiger partial charge in [0.2, 0.25) is 15.9 Å². The monoisotopic (exact) mass is 261 g/mol. The fraction of sp³-hybridized carbons (Fsp3) is 0.900. The minimum Gasteiger partial charge on any atom is -0.337 e. The summed E-state index contributed by atoms with van der Waals surface area (Å²) in [6.07, 6.45) is 3.89. The molecular formula is C10H19N3O3S. The Labute approximate surface area is 101 Å². The Morgan fingerprint density at radius 2 is 1.88 bits per heavy atom.